The molecule has 2 rings (SSSR count). The van der Waals surface area contributed by atoms with Crippen molar-refractivity contribution in [3.63, 3.8) is 0 Å². The van der Waals surface area contributed by atoms with Crippen LogP contribution in [0.2, 0.25) is 0 Å². The van der Waals surface area contributed by atoms with Gasteiger partial charge < -0.3 is 9.47 Å². The molecule has 9 heteroatoms. The highest BCUT2D eigenvalue weighted by molar-refractivity contribution is 6.47. The van der Waals surface area contributed by atoms with Gasteiger partial charge in [0.1, 0.15) is 17.0 Å². The quantitative estimate of drug-likeness (QED) is 0.553. The number of anilines is 1. The molecule has 2 unspecified atom stereocenters. The van der Waals surface area contributed by atoms with Crippen LogP contribution in [-0.2, 0) is 23.9 Å². The molecule has 29 heavy (non-hydrogen) atoms. The van der Waals surface area contributed by atoms with Gasteiger partial charge in [0, 0.05) is 7.05 Å². The van der Waals surface area contributed by atoms with Gasteiger partial charge >= 0.3 is 11.9 Å². The molecule has 1 aromatic carbocycles. The summed E-state index contributed by atoms with van der Waals surface area (Å²) >= 11 is 0. The molecular formula is C20H24N4O5. The van der Waals surface area contributed by atoms with Crippen molar-refractivity contribution in [1.82, 2.24) is 0 Å². The largest absolute Gasteiger partial charge is 0.465 e. The van der Waals surface area contributed by atoms with E-state index in [4.69, 9.17) is 14.9 Å². The standard InChI is InChI=1S/C20H24N4O5/c1-5-28-18(26)16(21)20(3,19(27)29-6-2)15-14(22-4)12-23-24(17(15)25)13-10-8-7-9-11-13/h7-12,15,21H,5-6H2,1-4H3. The van der Waals surface area contributed by atoms with Crippen molar-refractivity contribution in [1.29, 1.82) is 5.41 Å². The van der Waals surface area contributed by atoms with Crippen molar-refractivity contribution in [2.75, 3.05) is 25.3 Å². The molecule has 0 saturated heterocycles. The van der Waals surface area contributed by atoms with Crippen molar-refractivity contribution in [2.45, 2.75) is 20.8 Å². The summed E-state index contributed by atoms with van der Waals surface area (Å²) in [4.78, 5) is 42.7. The zero-order valence-corrected chi connectivity index (χ0v) is 16.8. The average molecular weight is 400 g/mol. The van der Waals surface area contributed by atoms with E-state index in [9.17, 15) is 14.4 Å². The third-order valence-electron chi connectivity index (χ3n) is 4.59. The number of benzene rings is 1. The molecule has 0 fully saturated rings. The fraction of sp³-hybridized carbons (Fsp3) is 0.400. The molecule has 0 aliphatic carbocycles. The number of carbonyl (C=O) groups excluding carboxylic acids is 3. The highest BCUT2D eigenvalue weighted by Gasteiger charge is 2.56. The predicted molar refractivity (Wildman–Crippen MR) is 108 cm³/mol. The van der Waals surface area contributed by atoms with Gasteiger partial charge in [-0.3, -0.25) is 20.0 Å². The van der Waals surface area contributed by atoms with Gasteiger partial charge in [-0.15, -0.1) is 0 Å². The molecule has 1 aromatic rings. The van der Waals surface area contributed by atoms with Crippen molar-refractivity contribution in [2.24, 2.45) is 21.4 Å². The van der Waals surface area contributed by atoms with Crippen LogP contribution in [0.15, 0.2) is 40.4 Å². The van der Waals surface area contributed by atoms with Gasteiger partial charge in [0.25, 0.3) is 5.91 Å². The van der Waals surface area contributed by atoms with Gasteiger partial charge in [-0.2, -0.15) is 5.10 Å². The van der Waals surface area contributed by atoms with Crippen LogP contribution in [0.25, 0.3) is 0 Å². The molecule has 1 aliphatic heterocycles. The Hall–Kier alpha value is -3.36. The maximum Gasteiger partial charge on any atom is 0.353 e. The molecule has 9 nitrogen and oxygen atoms in total. The maximum absolute atomic E-state index is 13.4. The van der Waals surface area contributed by atoms with Crippen molar-refractivity contribution in [3.8, 4) is 0 Å². The van der Waals surface area contributed by atoms with E-state index in [1.54, 1.807) is 44.2 Å². The zero-order chi connectivity index (χ0) is 21.6. The predicted octanol–water partition coefficient (Wildman–Crippen LogP) is 1.86. The molecule has 0 spiro atoms. The van der Waals surface area contributed by atoms with Gasteiger partial charge in [0.15, 0.2) is 0 Å². The van der Waals surface area contributed by atoms with Gasteiger partial charge in [-0.1, -0.05) is 18.2 Å². The van der Waals surface area contributed by atoms with Crippen LogP contribution in [0.4, 0.5) is 5.69 Å². The molecule has 0 radical (unpaired) electrons. The first-order valence-corrected chi connectivity index (χ1v) is 9.15. The summed E-state index contributed by atoms with van der Waals surface area (Å²) in [7, 11) is 1.44. The van der Waals surface area contributed by atoms with Gasteiger partial charge in [-0.05, 0) is 32.9 Å². The van der Waals surface area contributed by atoms with E-state index >= 15 is 0 Å². The molecule has 1 N–H and O–H groups in total. The van der Waals surface area contributed by atoms with E-state index in [1.165, 1.54) is 20.2 Å². The average Bonchev–Trinajstić information content (AvgIpc) is 2.73. The Kier molecular flexibility index (Phi) is 6.98. The van der Waals surface area contributed by atoms with Crippen LogP contribution in [0.3, 0.4) is 0 Å². The van der Waals surface area contributed by atoms with Crippen molar-refractivity contribution < 1.29 is 23.9 Å². The van der Waals surface area contributed by atoms with E-state index < -0.39 is 34.9 Å². The Labute approximate surface area is 168 Å². The number of hydrogen-bond donors (Lipinski definition) is 1. The number of para-hydroxylation sites is 1. The number of nitrogens with one attached hydrogen (secondary N) is 1. The second-order valence-electron chi connectivity index (χ2n) is 6.33. The molecule has 1 heterocycles. The smallest absolute Gasteiger partial charge is 0.353 e. The summed E-state index contributed by atoms with van der Waals surface area (Å²) < 4.78 is 10.0. The van der Waals surface area contributed by atoms with E-state index in [0.717, 1.165) is 5.01 Å². The van der Waals surface area contributed by atoms with Crippen LogP contribution in [0, 0.1) is 16.7 Å². The van der Waals surface area contributed by atoms with Crippen LogP contribution >= 0.6 is 0 Å². The van der Waals surface area contributed by atoms with Gasteiger partial charge in [-0.25, -0.2) is 9.80 Å². The Bertz CT molecular complexity index is 865. The zero-order valence-electron chi connectivity index (χ0n) is 16.8. The minimum absolute atomic E-state index is 0.0144. The Morgan fingerprint density at radius 1 is 1.21 bits per heavy atom. The highest BCUT2D eigenvalue weighted by atomic mass is 16.5. The van der Waals surface area contributed by atoms with Crippen molar-refractivity contribution >= 4 is 41.2 Å². The number of hydrogen-bond acceptors (Lipinski definition) is 8. The Balaban J connectivity index is 2.61. The van der Waals surface area contributed by atoms with Crippen molar-refractivity contribution in [3.05, 3.63) is 30.3 Å². The topological polar surface area (TPSA) is 121 Å². The molecule has 0 saturated carbocycles. The summed E-state index contributed by atoms with van der Waals surface area (Å²) in [6.07, 6.45) is 1.34. The minimum Gasteiger partial charge on any atom is -0.465 e. The van der Waals surface area contributed by atoms with Crippen LogP contribution < -0.4 is 5.01 Å². The number of carbonyl (C=O) groups is 3. The SMILES string of the molecule is CCOC(=O)C(=N)C(C)(C(=O)OCC)C1C(=O)N(c2ccccc2)N=CC1=NC. The van der Waals surface area contributed by atoms with Crippen LogP contribution in [0.5, 0.6) is 0 Å². The number of ether oxygens (including phenoxy) is 2. The lowest BCUT2D eigenvalue weighted by molar-refractivity contribution is -0.155. The lowest BCUT2D eigenvalue weighted by Gasteiger charge is -2.37. The summed E-state index contributed by atoms with van der Waals surface area (Å²) in [6.45, 7) is 4.54. The monoisotopic (exact) mass is 400 g/mol. The summed E-state index contributed by atoms with van der Waals surface area (Å²) in [5.41, 5.74) is -2.00. The molecule has 2 atom stereocenters. The lowest BCUT2D eigenvalue weighted by Crippen LogP contribution is -2.57. The highest BCUT2D eigenvalue weighted by Crippen LogP contribution is 2.36. The fourth-order valence-corrected chi connectivity index (χ4v) is 3.05. The normalized spacial score (nSPS) is 19.6. The summed E-state index contributed by atoms with van der Waals surface area (Å²) in [5.74, 6) is -3.79. The Morgan fingerprint density at radius 2 is 1.83 bits per heavy atom. The van der Waals surface area contributed by atoms with Gasteiger partial charge in [0.2, 0.25) is 0 Å². The molecule has 1 amide bonds. The maximum atomic E-state index is 13.4. The number of hydrazone groups is 1. The van der Waals surface area contributed by atoms with E-state index in [-0.39, 0.29) is 18.9 Å². The van der Waals surface area contributed by atoms with Crippen LogP contribution in [0.1, 0.15) is 20.8 Å². The third-order valence-corrected chi connectivity index (χ3v) is 4.59. The molecule has 154 valence electrons. The second-order valence-corrected chi connectivity index (χ2v) is 6.33. The van der Waals surface area contributed by atoms with E-state index in [2.05, 4.69) is 10.1 Å². The summed E-state index contributed by atoms with van der Waals surface area (Å²) in [6, 6.07) is 8.62. The first-order valence-electron chi connectivity index (χ1n) is 9.15. The third kappa shape index (κ3) is 4.08. The minimum atomic E-state index is -1.95. The molecule has 0 aromatic heterocycles. The molecular weight excluding hydrogens is 376 g/mol. The second kappa shape index (κ2) is 9.22. The van der Waals surface area contributed by atoms with Crippen LogP contribution in [-0.4, -0.2) is 55.7 Å². The molecule has 0 bridgehead atoms. The number of amides is 1. The summed E-state index contributed by atoms with van der Waals surface area (Å²) in [5, 5.41) is 13.6. The number of nitrogens with zero attached hydrogens (tertiary/aromatic N) is 3. The number of rotatable bonds is 7. The van der Waals surface area contributed by atoms with E-state index in [1.807, 2.05) is 0 Å². The fourth-order valence-electron chi connectivity index (χ4n) is 3.05. The molecule has 1 aliphatic rings. The Morgan fingerprint density at radius 3 is 2.38 bits per heavy atom. The lowest BCUT2D eigenvalue weighted by atomic mass is 9.69. The number of aliphatic imine (C=N–C) groups is 1. The van der Waals surface area contributed by atoms with E-state index in [0.29, 0.717) is 5.69 Å². The first-order chi connectivity index (χ1) is 13.8. The first kappa shape index (κ1) is 21.9. The van der Waals surface area contributed by atoms with Gasteiger partial charge in [0.05, 0.1) is 30.8 Å². The number of esters is 2.